The van der Waals surface area contributed by atoms with Gasteiger partial charge in [0.1, 0.15) is 6.10 Å². The zero-order valence-electron chi connectivity index (χ0n) is 8.82. The van der Waals surface area contributed by atoms with Crippen LogP contribution in [0, 0.1) is 5.41 Å². The fourth-order valence-electron chi connectivity index (χ4n) is 1.76. The maximum Gasteiger partial charge on any atom is 0.101 e. The molecule has 0 aliphatic carbocycles. The highest BCUT2D eigenvalue weighted by Crippen LogP contribution is 2.17. The van der Waals surface area contributed by atoms with Gasteiger partial charge in [0.15, 0.2) is 0 Å². The Morgan fingerprint density at radius 1 is 1.71 bits per heavy atom. The predicted molar refractivity (Wildman–Crippen MR) is 55.5 cm³/mol. The number of nitrogens with one attached hydrogen (secondary N) is 1. The van der Waals surface area contributed by atoms with Gasteiger partial charge >= 0.3 is 0 Å². The number of methoxy groups -OCH3 is 1. The lowest BCUT2D eigenvalue weighted by Gasteiger charge is -2.37. The summed E-state index contributed by atoms with van der Waals surface area (Å²) in [7, 11) is 1.67. The molecule has 2 unspecified atom stereocenters. The Kier molecular flexibility index (Phi) is 4.10. The van der Waals surface area contributed by atoms with E-state index in [9.17, 15) is 0 Å². The molecule has 0 aromatic rings. The molecule has 2 atom stereocenters. The van der Waals surface area contributed by atoms with Crippen LogP contribution >= 0.6 is 0 Å². The van der Waals surface area contributed by atoms with Crippen LogP contribution in [-0.2, 0) is 9.47 Å². The first kappa shape index (κ1) is 11.2. The van der Waals surface area contributed by atoms with Crippen molar-refractivity contribution in [3.05, 3.63) is 12.8 Å². The molecule has 0 saturated carbocycles. The van der Waals surface area contributed by atoms with E-state index in [0.29, 0.717) is 12.4 Å². The summed E-state index contributed by atoms with van der Waals surface area (Å²) in [6.45, 7) is 6.79. The molecule has 80 valence electrons. The highest BCUT2D eigenvalue weighted by atomic mass is 16.5. The van der Waals surface area contributed by atoms with E-state index in [-0.39, 0.29) is 12.1 Å². The maximum absolute atomic E-state index is 7.61. The summed E-state index contributed by atoms with van der Waals surface area (Å²) in [5.41, 5.74) is 0. The Morgan fingerprint density at radius 3 is 2.93 bits per heavy atom. The van der Waals surface area contributed by atoms with E-state index in [1.54, 1.807) is 20.2 Å². The number of nitrogens with zero attached hydrogens (tertiary/aromatic N) is 1. The minimum Gasteiger partial charge on any atom is -0.379 e. The van der Waals surface area contributed by atoms with E-state index in [4.69, 9.17) is 14.9 Å². The molecule has 0 aromatic heterocycles. The molecule has 1 aliphatic heterocycles. The first-order chi connectivity index (χ1) is 6.70. The molecular formula is C10H18N2O2. The Bertz CT molecular complexity index is 218. The monoisotopic (exact) mass is 198 g/mol. The van der Waals surface area contributed by atoms with Crippen molar-refractivity contribution in [1.29, 1.82) is 5.41 Å². The molecule has 0 bridgehead atoms. The van der Waals surface area contributed by atoms with Gasteiger partial charge in [-0.15, -0.1) is 0 Å². The summed E-state index contributed by atoms with van der Waals surface area (Å²) >= 11 is 0. The normalized spacial score (nSPS) is 27.0. The lowest BCUT2D eigenvalue weighted by atomic mass is 10.0. The second-order valence-electron chi connectivity index (χ2n) is 3.38. The third kappa shape index (κ3) is 2.33. The van der Waals surface area contributed by atoms with Crippen molar-refractivity contribution in [2.75, 3.05) is 20.3 Å². The summed E-state index contributed by atoms with van der Waals surface area (Å²) in [6.07, 6.45) is 2.59. The van der Waals surface area contributed by atoms with Crippen LogP contribution in [0.5, 0.6) is 0 Å². The molecule has 1 rings (SSSR count). The Hall–Kier alpha value is -0.870. The summed E-state index contributed by atoms with van der Waals surface area (Å²) in [5, 5.41) is 7.61. The van der Waals surface area contributed by atoms with Crippen LogP contribution in [0.1, 0.15) is 13.3 Å². The van der Waals surface area contributed by atoms with Crippen LogP contribution < -0.4 is 0 Å². The van der Waals surface area contributed by atoms with Crippen molar-refractivity contribution in [1.82, 2.24) is 4.90 Å². The molecule has 0 spiro atoms. The number of hydrogen-bond donors (Lipinski definition) is 1. The van der Waals surface area contributed by atoms with Crippen molar-refractivity contribution < 1.29 is 9.47 Å². The third-order valence-electron chi connectivity index (χ3n) is 2.51. The second-order valence-corrected chi connectivity index (χ2v) is 3.38. The Morgan fingerprint density at radius 2 is 2.43 bits per heavy atom. The molecular weight excluding hydrogens is 180 g/mol. The van der Waals surface area contributed by atoms with Crippen LogP contribution in [0.4, 0.5) is 0 Å². The zero-order chi connectivity index (χ0) is 10.6. The van der Waals surface area contributed by atoms with Crippen molar-refractivity contribution in [3.63, 3.8) is 0 Å². The van der Waals surface area contributed by atoms with Crippen LogP contribution in [0.3, 0.4) is 0 Å². The van der Waals surface area contributed by atoms with Gasteiger partial charge in [0.25, 0.3) is 0 Å². The van der Waals surface area contributed by atoms with E-state index in [1.165, 1.54) is 0 Å². The first-order valence-electron chi connectivity index (χ1n) is 4.77. The summed E-state index contributed by atoms with van der Waals surface area (Å²) in [5.74, 6) is 0.494. The van der Waals surface area contributed by atoms with Gasteiger partial charge in [-0.1, -0.05) is 6.58 Å². The zero-order valence-corrected chi connectivity index (χ0v) is 8.82. The molecule has 1 saturated heterocycles. The quantitative estimate of drug-likeness (QED) is 0.548. The summed E-state index contributed by atoms with van der Waals surface area (Å²) in [6, 6.07) is 0.184. The van der Waals surface area contributed by atoms with Gasteiger partial charge in [0.05, 0.1) is 18.5 Å². The van der Waals surface area contributed by atoms with Crippen molar-refractivity contribution in [2.24, 2.45) is 0 Å². The number of rotatable bonds is 3. The third-order valence-corrected chi connectivity index (χ3v) is 2.51. The van der Waals surface area contributed by atoms with Gasteiger partial charge in [-0.25, -0.2) is 0 Å². The fraction of sp³-hybridized carbons (Fsp3) is 0.700. The van der Waals surface area contributed by atoms with Gasteiger partial charge in [-0.3, -0.25) is 5.41 Å². The molecule has 14 heavy (non-hydrogen) atoms. The van der Waals surface area contributed by atoms with Crippen molar-refractivity contribution >= 4 is 5.84 Å². The minimum absolute atomic E-state index is 0.0297. The van der Waals surface area contributed by atoms with Crippen LogP contribution in [-0.4, -0.2) is 43.2 Å². The minimum atomic E-state index is 0.0297. The Balaban J connectivity index is 2.70. The van der Waals surface area contributed by atoms with Crippen LogP contribution in [0.15, 0.2) is 12.8 Å². The average molecular weight is 198 g/mol. The van der Waals surface area contributed by atoms with E-state index in [0.717, 1.165) is 13.0 Å². The van der Waals surface area contributed by atoms with Gasteiger partial charge < -0.3 is 14.4 Å². The fourth-order valence-corrected chi connectivity index (χ4v) is 1.76. The molecule has 4 nitrogen and oxygen atoms in total. The molecule has 1 aliphatic rings. The Labute approximate surface area is 85.0 Å². The molecule has 1 heterocycles. The molecule has 1 fully saturated rings. The van der Waals surface area contributed by atoms with E-state index >= 15 is 0 Å². The smallest absolute Gasteiger partial charge is 0.101 e. The second kappa shape index (κ2) is 5.12. The predicted octanol–water partition coefficient (Wildman–Crippen LogP) is 1.23. The molecule has 0 aromatic carbocycles. The van der Waals surface area contributed by atoms with Crippen LogP contribution in [0.2, 0.25) is 0 Å². The van der Waals surface area contributed by atoms with E-state index in [2.05, 4.69) is 6.58 Å². The largest absolute Gasteiger partial charge is 0.379 e. The SMILES string of the molecule is C=CN(C(C)=N)C1CCOCC1OC. The van der Waals surface area contributed by atoms with E-state index < -0.39 is 0 Å². The highest BCUT2D eigenvalue weighted by Gasteiger charge is 2.29. The van der Waals surface area contributed by atoms with Gasteiger partial charge in [-0.2, -0.15) is 0 Å². The lowest BCUT2D eigenvalue weighted by molar-refractivity contribution is -0.0629. The van der Waals surface area contributed by atoms with Gasteiger partial charge in [-0.05, 0) is 19.5 Å². The van der Waals surface area contributed by atoms with E-state index in [1.807, 2.05) is 4.90 Å². The molecule has 4 heteroatoms. The van der Waals surface area contributed by atoms with Crippen molar-refractivity contribution in [2.45, 2.75) is 25.5 Å². The number of hydrogen-bond acceptors (Lipinski definition) is 3. The number of ether oxygens (including phenoxy) is 2. The first-order valence-corrected chi connectivity index (χ1v) is 4.77. The highest BCUT2D eigenvalue weighted by molar-refractivity contribution is 5.77. The summed E-state index contributed by atoms with van der Waals surface area (Å²) in [4.78, 5) is 1.84. The number of amidine groups is 1. The standard InChI is InChI=1S/C10H18N2O2/c1-4-12(8(2)11)9-5-6-14-7-10(9)13-3/h4,9-11H,1,5-7H2,2-3H3. The average Bonchev–Trinajstić information content (AvgIpc) is 2.19. The maximum atomic E-state index is 7.61. The topological polar surface area (TPSA) is 45.6 Å². The van der Waals surface area contributed by atoms with Gasteiger partial charge in [0, 0.05) is 13.7 Å². The van der Waals surface area contributed by atoms with Crippen molar-refractivity contribution in [3.8, 4) is 0 Å². The van der Waals surface area contributed by atoms with Gasteiger partial charge in [0.2, 0.25) is 0 Å². The lowest BCUT2D eigenvalue weighted by Crippen LogP contribution is -2.49. The molecule has 1 N–H and O–H groups in total. The van der Waals surface area contributed by atoms with Crippen LogP contribution in [0.25, 0.3) is 0 Å². The summed E-state index contributed by atoms with van der Waals surface area (Å²) < 4.78 is 10.6. The molecule has 0 amide bonds. The molecule has 0 radical (unpaired) electrons.